The molecular formula is C49H42OSi. The Morgan fingerprint density at radius 2 is 0.961 bits per heavy atom. The van der Waals surface area contributed by atoms with Gasteiger partial charge in [-0.3, -0.25) is 0 Å². The smallest absolute Gasteiger partial charge is 0.143 e. The first kappa shape index (κ1) is 31.5. The number of furan rings is 1. The predicted octanol–water partition coefficient (Wildman–Crippen LogP) is 13.9. The summed E-state index contributed by atoms with van der Waals surface area (Å²) in [7, 11) is -1.48. The fourth-order valence-corrected chi connectivity index (χ4v) is 9.02. The average molecular weight is 675 g/mol. The van der Waals surface area contributed by atoms with E-state index in [0.29, 0.717) is 0 Å². The van der Waals surface area contributed by atoms with Crippen molar-refractivity contribution in [2.75, 3.05) is 0 Å². The molecule has 9 rings (SSSR count). The highest BCUT2D eigenvalue weighted by Gasteiger charge is 2.22. The largest absolute Gasteiger partial charge is 0.455 e. The van der Waals surface area contributed by atoms with Crippen LogP contribution in [0.4, 0.5) is 0 Å². The zero-order valence-electron chi connectivity index (χ0n) is 30.3. The highest BCUT2D eigenvalue weighted by Crippen LogP contribution is 2.43. The van der Waals surface area contributed by atoms with Gasteiger partial charge in [0.05, 0.1) is 8.07 Å². The number of hydrogen-bond acceptors (Lipinski definition) is 1. The molecular weight excluding hydrogens is 633 g/mol. The average Bonchev–Trinajstić information content (AvgIpc) is 3.53. The Balaban J connectivity index is 1.23. The summed E-state index contributed by atoms with van der Waals surface area (Å²) in [5, 5.41) is 11.7. The second-order valence-corrected chi connectivity index (χ2v) is 21.3. The Bertz CT molecular complexity index is 2810. The van der Waals surface area contributed by atoms with Crippen LogP contribution in [-0.4, -0.2) is 8.07 Å². The fraction of sp³-hybridized carbons (Fsp3) is 0.143. The van der Waals surface area contributed by atoms with Gasteiger partial charge in [-0.1, -0.05) is 167 Å². The van der Waals surface area contributed by atoms with Crippen LogP contribution in [0.3, 0.4) is 0 Å². The van der Waals surface area contributed by atoms with Gasteiger partial charge in [-0.05, 0) is 89.8 Å². The highest BCUT2D eigenvalue weighted by atomic mass is 28.3. The predicted molar refractivity (Wildman–Crippen MR) is 224 cm³/mol. The SMILES string of the molecule is CC(C)(C)c1cc(-c2ccccc2)c2oc3c(-c4cccc(-c5ccc6c7ccccc7c7cc([Si](C)(C)C)ccc7c6c5)c4)cccc3c2c1. The molecule has 0 unspecified atom stereocenters. The molecule has 9 aromatic rings. The minimum Gasteiger partial charge on any atom is -0.455 e. The van der Waals surface area contributed by atoms with Crippen LogP contribution in [0.5, 0.6) is 0 Å². The van der Waals surface area contributed by atoms with Crippen LogP contribution in [-0.2, 0) is 5.41 Å². The van der Waals surface area contributed by atoms with Gasteiger partial charge in [0.15, 0.2) is 0 Å². The Labute approximate surface area is 301 Å². The third-order valence-electron chi connectivity index (χ3n) is 10.8. The Kier molecular flexibility index (Phi) is 7.14. The molecule has 1 aromatic heterocycles. The van der Waals surface area contributed by atoms with Gasteiger partial charge >= 0.3 is 0 Å². The van der Waals surface area contributed by atoms with Crippen molar-refractivity contribution in [3.63, 3.8) is 0 Å². The van der Waals surface area contributed by atoms with E-state index in [-0.39, 0.29) is 5.41 Å². The van der Waals surface area contributed by atoms with Crippen LogP contribution < -0.4 is 5.19 Å². The van der Waals surface area contributed by atoms with E-state index in [2.05, 4.69) is 186 Å². The summed E-state index contributed by atoms with van der Waals surface area (Å²) in [6.45, 7) is 14.1. The van der Waals surface area contributed by atoms with Crippen molar-refractivity contribution < 1.29 is 4.42 Å². The van der Waals surface area contributed by atoms with Crippen LogP contribution in [0.15, 0.2) is 150 Å². The van der Waals surface area contributed by atoms with Crippen LogP contribution in [0.1, 0.15) is 26.3 Å². The molecule has 0 bridgehead atoms. The van der Waals surface area contributed by atoms with E-state index >= 15 is 0 Å². The molecule has 248 valence electrons. The third-order valence-corrected chi connectivity index (χ3v) is 12.8. The standard InChI is InChI=1S/C49H42OSi/c1-49(2,3)35-28-43(31-14-8-7-9-15-31)48-46(29-35)42-21-13-20-37(47(42)50-48)34-17-12-16-32(26-34)33-22-24-40-38-18-10-11-19-39(38)45-30-36(51(4,5)6)23-25-41(45)44(40)27-33/h7-30H,1-6H3. The van der Waals surface area contributed by atoms with Crippen molar-refractivity contribution in [3.05, 3.63) is 151 Å². The molecule has 0 N–H and O–H groups in total. The molecule has 0 aliphatic rings. The summed E-state index contributed by atoms with van der Waals surface area (Å²) in [6.07, 6.45) is 0. The lowest BCUT2D eigenvalue weighted by Gasteiger charge is -2.20. The van der Waals surface area contributed by atoms with Gasteiger partial charge in [-0.2, -0.15) is 0 Å². The Morgan fingerprint density at radius 1 is 0.392 bits per heavy atom. The van der Waals surface area contributed by atoms with E-state index in [1.807, 2.05) is 0 Å². The lowest BCUT2D eigenvalue weighted by molar-refractivity contribution is 0.590. The lowest BCUT2D eigenvalue weighted by Crippen LogP contribution is -2.37. The van der Waals surface area contributed by atoms with E-state index < -0.39 is 8.07 Å². The Hall–Kier alpha value is -5.44. The molecule has 2 heteroatoms. The van der Waals surface area contributed by atoms with Crippen LogP contribution in [0, 0.1) is 0 Å². The molecule has 0 spiro atoms. The molecule has 0 amide bonds. The lowest BCUT2D eigenvalue weighted by atomic mass is 9.84. The molecule has 0 atom stereocenters. The monoisotopic (exact) mass is 674 g/mol. The van der Waals surface area contributed by atoms with Gasteiger partial charge in [-0.15, -0.1) is 0 Å². The summed E-state index contributed by atoms with van der Waals surface area (Å²) in [5.74, 6) is 0. The summed E-state index contributed by atoms with van der Waals surface area (Å²) in [5.41, 5.74) is 10.2. The first-order valence-corrected chi connectivity index (χ1v) is 21.6. The third kappa shape index (κ3) is 5.29. The van der Waals surface area contributed by atoms with Crippen molar-refractivity contribution in [1.82, 2.24) is 0 Å². The second kappa shape index (κ2) is 11.5. The van der Waals surface area contributed by atoms with Gasteiger partial charge in [0.25, 0.3) is 0 Å². The van der Waals surface area contributed by atoms with E-state index in [1.165, 1.54) is 65.1 Å². The number of para-hydroxylation sites is 1. The van der Waals surface area contributed by atoms with Crippen molar-refractivity contribution >= 4 is 67.5 Å². The van der Waals surface area contributed by atoms with Gasteiger partial charge in [0.1, 0.15) is 11.2 Å². The quantitative estimate of drug-likeness (QED) is 0.134. The van der Waals surface area contributed by atoms with E-state index in [1.54, 1.807) is 0 Å². The minimum absolute atomic E-state index is 0.00132. The van der Waals surface area contributed by atoms with Crippen molar-refractivity contribution in [2.45, 2.75) is 45.8 Å². The molecule has 1 heterocycles. The zero-order chi connectivity index (χ0) is 35.1. The normalized spacial score (nSPS) is 12.5. The number of fused-ring (bicyclic) bond motifs is 9. The topological polar surface area (TPSA) is 13.1 Å². The van der Waals surface area contributed by atoms with Gasteiger partial charge in [-0.25, -0.2) is 0 Å². The molecule has 8 aromatic carbocycles. The highest BCUT2D eigenvalue weighted by molar-refractivity contribution is 6.88. The van der Waals surface area contributed by atoms with Crippen LogP contribution in [0.2, 0.25) is 19.6 Å². The maximum Gasteiger partial charge on any atom is 0.143 e. The molecule has 1 nitrogen and oxygen atoms in total. The number of benzene rings is 8. The fourth-order valence-electron chi connectivity index (χ4n) is 7.86. The van der Waals surface area contributed by atoms with Crippen molar-refractivity contribution in [2.24, 2.45) is 0 Å². The first-order chi connectivity index (χ1) is 24.5. The van der Waals surface area contributed by atoms with Gasteiger partial charge < -0.3 is 4.42 Å². The second-order valence-electron chi connectivity index (χ2n) is 16.2. The summed E-state index contributed by atoms with van der Waals surface area (Å²) in [4.78, 5) is 0. The molecule has 0 saturated carbocycles. The van der Waals surface area contributed by atoms with Crippen LogP contribution in [0.25, 0.3) is 87.6 Å². The molecule has 0 fully saturated rings. The molecule has 51 heavy (non-hydrogen) atoms. The molecule has 0 radical (unpaired) electrons. The summed E-state index contributed by atoms with van der Waals surface area (Å²) in [6, 6.07) is 54.0. The zero-order valence-corrected chi connectivity index (χ0v) is 31.3. The van der Waals surface area contributed by atoms with E-state index in [9.17, 15) is 0 Å². The van der Waals surface area contributed by atoms with E-state index in [4.69, 9.17) is 4.42 Å². The van der Waals surface area contributed by atoms with Gasteiger partial charge in [0.2, 0.25) is 0 Å². The summed E-state index contributed by atoms with van der Waals surface area (Å²) >= 11 is 0. The van der Waals surface area contributed by atoms with Crippen molar-refractivity contribution in [1.29, 1.82) is 0 Å². The summed E-state index contributed by atoms with van der Waals surface area (Å²) < 4.78 is 6.92. The maximum absolute atomic E-state index is 6.92. The van der Waals surface area contributed by atoms with Crippen LogP contribution >= 0.6 is 0 Å². The number of rotatable bonds is 4. The maximum atomic E-state index is 6.92. The first-order valence-electron chi connectivity index (χ1n) is 18.1. The molecule has 0 aliphatic carbocycles. The molecule has 0 saturated heterocycles. The molecule has 0 aliphatic heterocycles. The number of hydrogen-bond donors (Lipinski definition) is 0. The van der Waals surface area contributed by atoms with Crippen molar-refractivity contribution in [3.8, 4) is 33.4 Å². The minimum atomic E-state index is -1.48. The van der Waals surface area contributed by atoms with Gasteiger partial charge in [0, 0.05) is 21.9 Å². The Morgan fingerprint density at radius 3 is 1.73 bits per heavy atom. The van der Waals surface area contributed by atoms with E-state index in [0.717, 1.165) is 33.2 Å².